The molecule has 0 saturated carbocycles. The van der Waals surface area contributed by atoms with Gasteiger partial charge in [0.15, 0.2) is 0 Å². The van der Waals surface area contributed by atoms with Crippen molar-refractivity contribution in [3.8, 4) is 0 Å². The van der Waals surface area contributed by atoms with Crippen LogP contribution in [0.1, 0.15) is 22.8 Å². The van der Waals surface area contributed by atoms with Crippen LogP contribution in [0.3, 0.4) is 0 Å². The Morgan fingerprint density at radius 2 is 2.27 bits per heavy atom. The van der Waals surface area contributed by atoms with Gasteiger partial charge in [0.25, 0.3) is 0 Å². The Morgan fingerprint density at radius 3 is 2.87 bits per heavy atom. The molecule has 0 aliphatic rings. The molecule has 15 heavy (non-hydrogen) atoms. The lowest BCUT2D eigenvalue weighted by Gasteiger charge is -2.04. The van der Waals surface area contributed by atoms with E-state index >= 15 is 0 Å². The third-order valence-corrected chi connectivity index (χ3v) is 2.51. The van der Waals surface area contributed by atoms with Crippen molar-refractivity contribution in [2.24, 2.45) is 5.73 Å². The molecule has 0 saturated heterocycles. The van der Waals surface area contributed by atoms with E-state index in [-0.39, 0.29) is 0 Å². The lowest BCUT2D eigenvalue weighted by Crippen LogP contribution is -2.06. The minimum absolute atomic E-state index is 0.403. The van der Waals surface area contributed by atoms with Gasteiger partial charge in [-0.2, -0.15) is 0 Å². The molecule has 0 amide bonds. The normalized spacial score (nSPS) is 10.9. The fourth-order valence-electron chi connectivity index (χ4n) is 1.54. The number of aryl methyl sites for hydroxylation is 2. The summed E-state index contributed by atoms with van der Waals surface area (Å²) in [6.07, 6.45) is 3.71. The molecule has 0 aliphatic carbocycles. The molecule has 2 heterocycles. The van der Waals surface area contributed by atoms with Gasteiger partial charge in [0.2, 0.25) is 0 Å². The summed E-state index contributed by atoms with van der Waals surface area (Å²) in [4.78, 5) is 4.16. The summed E-state index contributed by atoms with van der Waals surface area (Å²) in [5.41, 5.74) is 7.46. The van der Waals surface area contributed by atoms with Gasteiger partial charge >= 0.3 is 0 Å². The average molecular weight is 206 g/mol. The molecular weight excluding hydrogens is 192 g/mol. The lowest BCUT2D eigenvalue weighted by atomic mass is 10.2. The van der Waals surface area contributed by atoms with Gasteiger partial charge in [-0.15, -0.1) is 0 Å². The first-order valence-electron chi connectivity index (χ1n) is 4.84. The van der Waals surface area contributed by atoms with Gasteiger partial charge in [0.05, 0.1) is 6.54 Å². The maximum Gasteiger partial charge on any atom is 0.138 e. The van der Waals surface area contributed by atoms with E-state index < -0.39 is 0 Å². The third kappa shape index (κ3) is 1.78. The number of imidazole rings is 1. The van der Waals surface area contributed by atoms with E-state index in [0.29, 0.717) is 13.1 Å². The number of hydrogen-bond acceptors (Lipinski definition) is 4. The summed E-state index contributed by atoms with van der Waals surface area (Å²) >= 11 is 0. The van der Waals surface area contributed by atoms with Gasteiger partial charge in [-0.1, -0.05) is 5.16 Å². The number of nitrogens with two attached hydrogens (primary N) is 1. The van der Waals surface area contributed by atoms with Crippen molar-refractivity contribution in [2.75, 3.05) is 0 Å². The average Bonchev–Trinajstić information content (AvgIpc) is 2.77. The molecule has 0 unspecified atom stereocenters. The highest BCUT2D eigenvalue weighted by Gasteiger charge is 2.12. The lowest BCUT2D eigenvalue weighted by molar-refractivity contribution is 0.389. The molecule has 0 aromatic carbocycles. The van der Waals surface area contributed by atoms with E-state index in [9.17, 15) is 0 Å². The summed E-state index contributed by atoms with van der Waals surface area (Å²) in [7, 11) is 0. The Kier molecular flexibility index (Phi) is 2.55. The van der Waals surface area contributed by atoms with E-state index in [0.717, 1.165) is 22.8 Å². The Bertz CT molecular complexity index is 458. The Morgan fingerprint density at radius 1 is 1.47 bits per heavy atom. The highest BCUT2D eigenvalue weighted by molar-refractivity contribution is 5.22. The Labute approximate surface area is 87.9 Å². The van der Waals surface area contributed by atoms with Crippen LogP contribution in [0.2, 0.25) is 0 Å². The predicted octanol–water partition coefficient (Wildman–Crippen LogP) is 0.995. The summed E-state index contributed by atoms with van der Waals surface area (Å²) in [6, 6.07) is 0. The van der Waals surface area contributed by atoms with E-state index in [2.05, 4.69) is 10.1 Å². The zero-order valence-corrected chi connectivity index (χ0v) is 8.90. The van der Waals surface area contributed by atoms with Crippen LogP contribution in [-0.4, -0.2) is 14.7 Å². The first-order valence-corrected chi connectivity index (χ1v) is 4.84. The van der Waals surface area contributed by atoms with Crippen molar-refractivity contribution in [1.29, 1.82) is 0 Å². The fourth-order valence-corrected chi connectivity index (χ4v) is 1.54. The maximum absolute atomic E-state index is 5.58. The Hall–Kier alpha value is -1.62. The monoisotopic (exact) mass is 206 g/mol. The van der Waals surface area contributed by atoms with Crippen LogP contribution in [0, 0.1) is 13.8 Å². The molecule has 0 aliphatic heterocycles. The highest BCUT2D eigenvalue weighted by Crippen LogP contribution is 2.15. The van der Waals surface area contributed by atoms with E-state index in [1.807, 2.05) is 24.6 Å². The minimum Gasteiger partial charge on any atom is -0.361 e. The van der Waals surface area contributed by atoms with Gasteiger partial charge in [0.1, 0.15) is 17.3 Å². The topological polar surface area (TPSA) is 69.9 Å². The third-order valence-electron chi connectivity index (χ3n) is 2.51. The van der Waals surface area contributed by atoms with Gasteiger partial charge in [-0.25, -0.2) is 4.98 Å². The Balaban J connectivity index is 2.31. The second kappa shape index (κ2) is 3.86. The van der Waals surface area contributed by atoms with Crippen molar-refractivity contribution in [3.05, 3.63) is 35.2 Å². The van der Waals surface area contributed by atoms with Gasteiger partial charge < -0.3 is 14.8 Å². The molecular formula is C10H14N4O. The van der Waals surface area contributed by atoms with Gasteiger partial charge in [0, 0.05) is 24.5 Å². The highest BCUT2D eigenvalue weighted by atomic mass is 16.5. The standard InChI is InChI=1S/C10H14N4O/c1-7-9(10(5-11)13-15-7)6-14-4-3-12-8(14)2/h3-4H,5-6,11H2,1-2H3. The molecule has 2 aromatic heterocycles. The number of aromatic nitrogens is 3. The largest absolute Gasteiger partial charge is 0.361 e. The number of nitrogens with zero attached hydrogens (tertiary/aromatic N) is 3. The van der Waals surface area contributed by atoms with Gasteiger partial charge in [-0.3, -0.25) is 0 Å². The fraction of sp³-hybridized carbons (Fsp3) is 0.400. The molecule has 2 rings (SSSR count). The van der Waals surface area contributed by atoms with Crippen LogP contribution in [0.25, 0.3) is 0 Å². The van der Waals surface area contributed by atoms with Gasteiger partial charge in [-0.05, 0) is 13.8 Å². The van der Waals surface area contributed by atoms with Crippen molar-refractivity contribution >= 4 is 0 Å². The summed E-state index contributed by atoms with van der Waals surface area (Å²) in [5.74, 6) is 1.79. The van der Waals surface area contributed by atoms with Crippen molar-refractivity contribution in [3.63, 3.8) is 0 Å². The van der Waals surface area contributed by atoms with Crippen molar-refractivity contribution in [1.82, 2.24) is 14.7 Å². The van der Waals surface area contributed by atoms with Crippen LogP contribution in [0.5, 0.6) is 0 Å². The second-order valence-corrected chi connectivity index (χ2v) is 3.47. The van der Waals surface area contributed by atoms with Crippen molar-refractivity contribution in [2.45, 2.75) is 26.9 Å². The second-order valence-electron chi connectivity index (χ2n) is 3.47. The molecule has 0 radical (unpaired) electrons. The van der Waals surface area contributed by atoms with Crippen LogP contribution in [0.4, 0.5) is 0 Å². The molecule has 0 spiro atoms. The predicted molar refractivity (Wildman–Crippen MR) is 55.2 cm³/mol. The van der Waals surface area contributed by atoms with E-state index in [1.54, 1.807) is 6.20 Å². The SMILES string of the molecule is Cc1onc(CN)c1Cn1ccnc1C. The van der Waals surface area contributed by atoms with Crippen LogP contribution in [-0.2, 0) is 13.1 Å². The van der Waals surface area contributed by atoms with Crippen LogP contribution >= 0.6 is 0 Å². The molecule has 5 nitrogen and oxygen atoms in total. The quantitative estimate of drug-likeness (QED) is 0.813. The van der Waals surface area contributed by atoms with Crippen molar-refractivity contribution < 1.29 is 4.52 Å². The zero-order chi connectivity index (χ0) is 10.8. The summed E-state index contributed by atoms with van der Waals surface area (Å²) < 4.78 is 7.15. The summed E-state index contributed by atoms with van der Waals surface area (Å²) in [6.45, 7) is 4.98. The van der Waals surface area contributed by atoms with Crippen LogP contribution in [0.15, 0.2) is 16.9 Å². The molecule has 80 valence electrons. The first kappa shape index (κ1) is 9.92. The molecule has 0 fully saturated rings. The van der Waals surface area contributed by atoms with E-state index in [1.165, 1.54) is 0 Å². The number of rotatable bonds is 3. The molecule has 2 N–H and O–H groups in total. The smallest absolute Gasteiger partial charge is 0.138 e. The van der Waals surface area contributed by atoms with E-state index in [4.69, 9.17) is 10.3 Å². The molecule has 0 atom stereocenters. The maximum atomic E-state index is 5.58. The first-order chi connectivity index (χ1) is 7.22. The zero-order valence-electron chi connectivity index (χ0n) is 8.90. The summed E-state index contributed by atoms with van der Waals surface area (Å²) in [5, 5.41) is 3.91. The number of hydrogen-bond donors (Lipinski definition) is 1. The van der Waals surface area contributed by atoms with Crippen LogP contribution < -0.4 is 5.73 Å². The molecule has 5 heteroatoms. The molecule has 0 bridgehead atoms. The molecule has 2 aromatic rings. The minimum atomic E-state index is 0.403.